The van der Waals surface area contributed by atoms with Crippen LogP contribution in [0.4, 0.5) is 0 Å². The SMILES string of the molecule is O=S(O)Cc1ccc(Cc2nnc(SCc3ccccc3)n2CCc2cnc[nH]2)cc1. The lowest BCUT2D eigenvalue weighted by Gasteiger charge is -2.10. The lowest BCUT2D eigenvalue weighted by Crippen LogP contribution is -2.09. The van der Waals surface area contributed by atoms with E-state index >= 15 is 0 Å². The van der Waals surface area contributed by atoms with Crippen molar-refractivity contribution in [3.05, 3.63) is 95.3 Å². The zero-order chi connectivity index (χ0) is 21.5. The highest BCUT2D eigenvalue weighted by Crippen LogP contribution is 2.23. The second-order valence-corrected chi connectivity index (χ2v) is 8.98. The number of thioether (sulfide) groups is 1. The van der Waals surface area contributed by atoms with E-state index in [0.29, 0.717) is 6.42 Å². The molecule has 4 rings (SSSR count). The van der Waals surface area contributed by atoms with Gasteiger partial charge in [-0.2, -0.15) is 0 Å². The van der Waals surface area contributed by atoms with E-state index in [1.54, 1.807) is 18.1 Å². The molecule has 1 unspecified atom stereocenters. The van der Waals surface area contributed by atoms with Gasteiger partial charge >= 0.3 is 0 Å². The second-order valence-electron chi connectivity index (χ2n) is 7.11. The molecule has 0 fully saturated rings. The fourth-order valence-corrected chi connectivity index (χ4v) is 4.65. The smallest absolute Gasteiger partial charge is 0.191 e. The molecule has 160 valence electrons. The molecule has 0 aliphatic heterocycles. The lowest BCUT2D eigenvalue weighted by atomic mass is 10.1. The molecule has 2 aromatic heterocycles. The minimum absolute atomic E-state index is 0.140. The number of nitrogens with one attached hydrogen (secondary N) is 1. The standard InChI is InChI=1S/C22H23N5O2S2/c28-31(29)15-19-8-6-17(7-9-19)12-21-25-26-22(30-14-18-4-2-1-3-5-18)27(21)11-10-20-13-23-16-24-20/h1-9,13,16H,10-12,14-15H2,(H,23,24)(H,28,29). The average molecular weight is 454 g/mol. The van der Waals surface area contributed by atoms with Crippen molar-refractivity contribution >= 4 is 22.8 Å². The molecule has 2 heterocycles. The van der Waals surface area contributed by atoms with Gasteiger partial charge in [-0.3, -0.25) is 0 Å². The average Bonchev–Trinajstić information content (AvgIpc) is 3.42. The molecule has 4 aromatic rings. The highest BCUT2D eigenvalue weighted by molar-refractivity contribution is 7.98. The van der Waals surface area contributed by atoms with Gasteiger partial charge in [-0.25, -0.2) is 9.19 Å². The van der Waals surface area contributed by atoms with Gasteiger partial charge in [-0.05, 0) is 16.7 Å². The van der Waals surface area contributed by atoms with Gasteiger partial charge in [-0.15, -0.1) is 10.2 Å². The summed E-state index contributed by atoms with van der Waals surface area (Å²) in [4.78, 5) is 7.25. The monoisotopic (exact) mass is 453 g/mol. The molecule has 2 aromatic carbocycles. The molecule has 9 heteroatoms. The van der Waals surface area contributed by atoms with Gasteiger partial charge < -0.3 is 14.1 Å². The van der Waals surface area contributed by atoms with Gasteiger partial charge in [0.25, 0.3) is 0 Å². The van der Waals surface area contributed by atoms with Crippen LogP contribution in [0.1, 0.15) is 28.2 Å². The predicted octanol–water partition coefficient (Wildman–Crippen LogP) is 3.85. The lowest BCUT2D eigenvalue weighted by molar-refractivity contribution is 0.563. The molecule has 0 radical (unpaired) electrons. The van der Waals surface area contributed by atoms with E-state index in [1.807, 2.05) is 48.7 Å². The van der Waals surface area contributed by atoms with E-state index in [-0.39, 0.29) is 5.75 Å². The normalized spacial score (nSPS) is 12.2. The molecule has 7 nitrogen and oxygen atoms in total. The zero-order valence-electron chi connectivity index (χ0n) is 16.8. The Labute approximate surface area is 187 Å². The van der Waals surface area contributed by atoms with Crippen molar-refractivity contribution in [1.82, 2.24) is 24.7 Å². The first-order valence-electron chi connectivity index (χ1n) is 9.88. The third-order valence-electron chi connectivity index (χ3n) is 4.84. The van der Waals surface area contributed by atoms with Gasteiger partial charge in [0.15, 0.2) is 16.2 Å². The topological polar surface area (TPSA) is 96.7 Å². The van der Waals surface area contributed by atoms with Crippen LogP contribution in [0.15, 0.2) is 72.3 Å². The fraction of sp³-hybridized carbons (Fsp3) is 0.227. The van der Waals surface area contributed by atoms with E-state index in [1.165, 1.54) is 5.56 Å². The van der Waals surface area contributed by atoms with E-state index in [9.17, 15) is 4.21 Å². The predicted molar refractivity (Wildman–Crippen MR) is 122 cm³/mol. The van der Waals surface area contributed by atoms with E-state index < -0.39 is 11.1 Å². The van der Waals surface area contributed by atoms with Crippen LogP contribution in [0.3, 0.4) is 0 Å². The number of rotatable bonds is 10. The summed E-state index contributed by atoms with van der Waals surface area (Å²) in [5.41, 5.74) is 4.24. The maximum absolute atomic E-state index is 11.0. The van der Waals surface area contributed by atoms with Crippen molar-refractivity contribution in [2.24, 2.45) is 0 Å². The summed E-state index contributed by atoms with van der Waals surface area (Å²) in [6.45, 7) is 0.753. The third kappa shape index (κ3) is 6.13. The summed E-state index contributed by atoms with van der Waals surface area (Å²) in [7, 11) is 0. The van der Waals surface area contributed by atoms with Crippen LogP contribution in [0.5, 0.6) is 0 Å². The fourth-order valence-electron chi connectivity index (χ4n) is 3.24. The third-order valence-corrected chi connectivity index (χ3v) is 6.46. The van der Waals surface area contributed by atoms with Crippen LogP contribution >= 0.6 is 11.8 Å². The first-order chi connectivity index (χ1) is 15.2. The van der Waals surface area contributed by atoms with Crippen LogP contribution in [0.2, 0.25) is 0 Å². The van der Waals surface area contributed by atoms with Crippen LogP contribution < -0.4 is 0 Å². The molecule has 0 spiro atoms. The second kappa shape index (κ2) is 10.5. The molecule has 31 heavy (non-hydrogen) atoms. The molecule has 0 amide bonds. The molecule has 0 aliphatic rings. The summed E-state index contributed by atoms with van der Waals surface area (Å²) >= 11 is -0.155. The van der Waals surface area contributed by atoms with Gasteiger partial charge in [-0.1, -0.05) is 66.4 Å². The van der Waals surface area contributed by atoms with Gasteiger partial charge in [0, 0.05) is 37.0 Å². The Morgan fingerprint density at radius 1 is 1.00 bits per heavy atom. The zero-order valence-corrected chi connectivity index (χ0v) is 18.5. The van der Waals surface area contributed by atoms with Gasteiger partial charge in [0.05, 0.1) is 12.1 Å². The Morgan fingerprint density at radius 3 is 2.48 bits per heavy atom. The molecule has 0 aliphatic carbocycles. The summed E-state index contributed by atoms with van der Waals surface area (Å²) in [6, 6.07) is 18.1. The van der Waals surface area contributed by atoms with Gasteiger partial charge in [0.1, 0.15) is 5.82 Å². The van der Waals surface area contributed by atoms with E-state index in [2.05, 4.69) is 36.9 Å². The van der Waals surface area contributed by atoms with Crippen LogP contribution in [0.25, 0.3) is 0 Å². The minimum atomic E-state index is -1.83. The quantitative estimate of drug-likeness (QED) is 0.280. The molecule has 0 saturated carbocycles. The minimum Gasteiger partial charge on any atom is -0.348 e. The summed E-state index contributed by atoms with van der Waals surface area (Å²) in [5.74, 6) is 1.87. The number of H-pyrrole nitrogens is 1. The van der Waals surface area contributed by atoms with Crippen molar-refractivity contribution in [3.8, 4) is 0 Å². The van der Waals surface area contributed by atoms with Crippen molar-refractivity contribution in [2.45, 2.75) is 36.0 Å². The maximum atomic E-state index is 11.0. The molecular weight excluding hydrogens is 430 g/mol. The molecule has 1 atom stereocenters. The Bertz CT molecular complexity index is 1110. The number of imidazole rings is 1. The number of aromatic nitrogens is 5. The van der Waals surface area contributed by atoms with Crippen molar-refractivity contribution in [3.63, 3.8) is 0 Å². The van der Waals surface area contributed by atoms with Crippen molar-refractivity contribution in [1.29, 1.82) is 0 Å². The summed E-state index contributed by atoms with van der Waals surface area (Å²) in [5, 5.41) is 9.83. The summed E-state index contributed by atoms with van der Waals surface area (Å²) < 4.78 is 22.2. The number of aromatic amines is 1. The Kier molecular flexibility index (Phi) is 7.29. The number of benzene rings is 2. The van der Waals surface area contributed by atoms with Crippen LogP contribution in [0, 0.1) is 0 Å². The van der Waals surface area contributed by atoms with Crippen LogP contribution in [-0.2, 0) is 42.0 Å². The van der Waals surface area contributed by atoms with Crippen LogP contribution in [-0.4, -0.2) is 33.5 Å². The Morgan fingerprint density at radius 2 is 1.77 bits per heavy atom. The number of hydrogen-bond acceptors (Lipinski definition) is 5. The first-order valence-corrected chi connectivity index (χ1v) is 12.1. The molecule has 0 bridgehead atoms. The highest BCUT2D eigenvalue weighted by atomic mass is 32.2. The number of aryl methyl sites for hydroxylation is 1. The number of nitrogens with zero attached hydrogens (tertiary/aromatic N) is 4. The number of hydrogen-bond donors (Lipinski definition) is 2. The Hall–Kier alpha value is -2.75. The molecule has 2 N–H and O–H groups in total. The Balaban J connectivity index is 1.51. The van der Waals surface area contributed by atoms with E-state index in [4.69, 9.17) is 4.55 Å². The maximum Gasteiger partial charge on any atom is 0.191 e. The first kappa shape index (κ1) is 21.5. The molecular formula is C22H23N5O2S2. The highest BCUT2D eigenvalue weighted by Gasteiger charge is 2.14. The van der Waals surface area contributed by atoms with Gasteiger partial charge in [0.2, 0.25) is 0 Å². The summed E-state index contributed by atoms with van der Waals surface area (Å²) in [6.07, 6.45) is 4.98. The van der Waals surface area contributed by atoms with Crippen molar-refractivity contribution < 1.29 is 8.76 Å². The van der Waals surface area contributed by atoms with Crippen molar-refractivity contribution in [2.75, 3.05) is 0 Å². The molecule has 0 saturated heterocycles. The van der Waals surface area contributed by atoms with E-state index in [0.717, 1.165) is 46.5 Å². The largest absolute Gasteiger partial charge is 0.348 e.